The van der Waals surface area contributed by atoms with Gasteiger partial charge >= 0.3 is 18.3 Å². The van der Waals surface area contributed by atoms with Gasteiger partial charge < -0.3 is 10.1 Å². The molecule has 2 aromatic carbocycles. The van der Waals surface area contributed by atoms with E-state index in [0.29, 0.717) is 12.1 Å². The maximum absolute atomic E-state index is 13.7. The zero-order chi connectivity index (χ0) is 24.2. The summed E-state index contributed by atoms with van der Waals surface area (Å²) in [6.45, 7) is -0.348. The first-order chi connectivity index (χ1) is 15.4. The number of carbonyl (C=O) groups excluding carboxylic acids is 1. The lowest BCUT2D eigenvalue weighted by Crippen LogP contribution is -2.29. The second-order valence-corrected chi connectivity index (χ2v) is 6.70. The van der Waals surface area contributed by atoms with Crippen molar-refractivity contribution in [2.75, 3.05) is 11.9 Å². The van der Waals surface area contributed by atoms with Crippen molar-refractivity contribution in [2.45, 2.75) is 18.5 Å². The van der Waals surface area contributed by atoms with Crippen LogP contribution in [0.4, 0.5) is 36.6 Å². The van der Waals surface area contributed by atoms with Gasteiger partial charge in [-0.05, 0) is 23.8 Å². The Balaban J connectivity index is 1.83. The second kappa shape index (κ2) is 9.43. The molecular weight excluding hydrogens is 459 g/mol. The Morgan fingerprint density at radius 2 is 1.67 bits per heavy atom. The quantitative estimate of drug-likeness (QED) is 0.375. The molecule has 0 unspecified atom stereocenters. The van der Waals surface area contributed by atoms with Crippen LogP contribution in [0, 0.1) is 5.82 Å². The van der Waals surface area contributed by atoms with Crippen LogP contribution in [0.5, 0.6) is 0 Å². The minimum atomic E-state index is -5.21. The van der Waals surface area contributed by atoms with Gasteiger partial charge in [-0.25, -0.2) is 19.2 Å². The first-order valence-corrected chi connectivity index (χ1v) is 9.20. The van der Waals surface area contributed by atoms with Gasteiger partial charge in [0, 0.05) is 11.6 Å². The standard InChI is InChI=1S/C21H14F7N3O2/c22-15-7-13(6-14(8-15)20(23,24)25)16-9-18(31-11-30-16)29-10-17(12-4-2-1-3-5-12)33-19(32)21(26,27)28/h1-9,11,17H,10H2,(H,29,30,31)/t17-/m0/s1. The number of nitrogens with one attached hydrogen (secondary N) is 1. The highest BCUT2D eigenvalue weighted by atomic mass is 19.4. The molecule has 0 amide bonds. The lowest BCUT2D eigenvalue weighted by molar-refractivity contribution is -0.204. The van der Waals surface area contributed by atoms with Gasteiger partial charge in [-0.2, -0.15) is 26.3 Å². The summed E-state index contributed by atoms with van der Waals surface area (Å²) in [7, 11) is 0. The van der Waals surface area contributed by atoms with E-state index in [1.54, 1.807) is 6.07 Å². The van der Waals surface area contributed by atoms with Crippen LogP contribution in [0.1, 0.15) is 17.2 Å². The Hall–Kier alpha value is -3.70. The number of carbonyl (C=O) groups is 1. The van der Waals surface area contributed by atoms with Crippen LogP contribution >= 0.6 is 0 Å². The first-order valence-electron chi connectivity index (χ1n) is 9.20. The van der Waals surface area contributed by atoms with Crippen molar-refractivity contribution in [3.05, 3.63) is 77.9 Å². The zero-order valence-electron chi connectivity index (χ0n) is 16.4. The van der Waals surface area contributed by atoms with Gasteiger partial charge in [-0.1, -0.05) is 30.3 Å². The molecule has 0 saturated carbocycles. The normalized spacial score (nSPS) is 12.8. The van der Waals surface area contributed by atoms with Gasteiger partial charge in [0.05, 0.1) is 17.8 Å². The van der Waals surface area contributed by atoms with Gasteiger partial charge in [0.15, 0.2) is 0 Å². The molecular formula is C21H14F7N3O2. The second-order valence-electron chi connectivity index (χ2n) is 6.70. The molecule has 1 N–H and O–H groups in total. The summed E-state index contributed by atoms with van der Waals surface area (Å²) in [6.07, 6.45) is -10.4. The number of alkyl halides is 6. The van der Waals surface area contributed by atoms with Crippen molar-refractivity contribution in [3.8, 4) is 11.3 Å². The summed E-state index contributed by atoms with van der Waals surface area (Å²) in [5.41, 5.74) is -1.21. The summed E-state index contributed by atoms with van der Waals surface area (Å²) in [5.74, 6) is -3.51. The van der Waals surface area contributed by atoms with Gasteiger partial charge in [-0.15, -0.1) is 0 Å². The topological polar surface area (TPSA) is 64.1 Å². The lowest BCUT2D eigenvalue weighted by atomic mass is 10.1. The SMILES string of the molecule is O=C(O[C@@H](CNc1cc(-c2cc(F)cc(C(F)(F)F)c2)ncn1)c1ccccc1)C(F)(F)F. The van der Waals surface area contributed by atoms with Crippen molar-refractivity contribution >= 4 is 11.8 Å². The van der Waals surface area contributed by atoms with Crippen LogP contribution in [0.15, 0.2) is 60.9 Å². The molecule has 174 valence electrons. The number of aromatic nitrogens is 2. The number of hydrogen-bond donors (Lipinski definition) is 1. The largest absolute Gasteiger partial charge is 0.490 e. The molecule has 3 rings (SSSR count). The predicted molar refractivity (Wildman–Crippen MR) is 102 cm³/mol. The van der Waals surface area contributed by atoms with Gasteiger partial charge in [0.2, 0.25) is 0 Å². The number of anilines is 1. The van der Waals surface area contributed by atoms with E-state index >= 15 is 0 Å². The van der Waals surface area contributed by atoms with E-state index in [1.165, 1.54) is 30.3 Å². The highest BCUT2D eigenvalue weighted by Crippen LogP contribution is 2.33. The average Bonchev–Trinajstić information content (AvgIpc) is 2.75. The smallest absolute Gasteiger partial charge is 0.449 e. The monoisotopic (exact) mass is 473 g/mol. The fraction of sp³-hybridized carbons (Fsp3) is 0.190. The molecule has 0 bridgehead atoms. The molecule has 3 aromatic rings. The van der Waals surface area contributed by atoms with E-state index in [0.717, 1.165) is 12.4 Å². The van der Waals surface area contributed by atoms with Crippen molar-refractivity contribution in [3.63, 3.8) is 0 Å². The van der Waals surface area contributed by atoms with Crippen LogP contribution < -0.4 is 5.32 Å². The Kier molecular flexibility index (Phi) is 6.84. The molecule has 0 fully saturated rings. The number of rotatable bonds is 6. The first kappa shape index (κ1) is 24.0. The summed E-state index contributed by atoms with van der Waals surface area (Å²) in [6, 6.07) is 10.7. The summed E-state index contributed by atoms with van der Waals surface area (Å²) >= 11 is 0. The molecule has 0 aliphatic carbocycles. The van der Waals surface area contributed by atoms with Crippen LogP contribution in [-0.2, 0) is 15.7 Å². The van der Waals surface area contributed by atoms with Crippen LogP contribution in [0.25, 0.3) is 11.3 Å². The maximum atomic E-state index is 13.7. The fourth-order valence-corrected chi connectivity index (χ4v) is 2.80. The number of hydrogen-bond acceptors (Lipinski definition) is 5. The Bertz CT molecular complexity index is 1120. The van der Waals surface area contributed by atoms with E-state index in [-0.39, 0.29) is 29.2 Å². The number of ether oxygens (including phenoxy) is 1. The maximum Gasteiger partial charge on any atom is 0.490 e. The molecule has 0 aliphatic heterocycles. The van der Waals surface area contributed by atoms with Gasteiger partial charge in [0.25, 0.3) is 0 Å². The Morgan fingerprint density at radius 1 is 0.970 bits per heavy atom. The van der Waals surface area contributed by atoms with E-state index in [4.69, 9.17) is 0 Å². The molecule has 1 atom stereocenters. The van der Waals surface area contributed by atoms with Crippen LogP contribution in [-0.4, -0.2) is 28.7 Å². The third kappa shape index (κ3) is 6.40. The third-order valence-electron chi connectivity index (χ3n) is 4.31. The third-order valence-corrected chi connectivity index (χ3v) is 4.31. The van der Waals surface area contributed by atoms with Gasteiger partial charge in [0.1, 0.15) is 24.1 Å². The highest BCUT2D eigenvalue weighted by molar-refractivity contribution is 5.76. The van der Waals surface area contributed by atoms with Gasteiger partial charge in [-0.3, -0.25) is 0 Å². The molecule has 33 heavy (non-hydrogen) atoms. The van der Waals surface area contributed by atoms with Crippen LogP contribution in [0.3, 0.4) is 0 Å². The minimum Gasteiger partial charge on any atom is -0.449 e. The molecule has 0 radical (unpaired) electrons. The van der Waals surface area contributed by atoms with Crippen molar-refractivity contribution in [2.24, 2.45) is 0 Å². The van der Waals surface area contributed by atoms with Crippen molar-refractivity contribution in [1.82, 2.24) is 9.97 Å². The number of benzene rings is 2. The van der Waals surface area contributed by atoms with E-state index < -0.39 is 35.8 Å². The lowest BCUT2D eigenvalue weighted by Gasteiger charge is -2.20. The Labute approximate surface area is 182 Å². The van der Waals surface area contributed by atoms with Crippen molar-refractivity contribution < 1.29 is 40.3 Å². The predicted octanol–water partition coefficient (Wildman–Crippen LogP) is 5.56. The Morgan fingerprint density at radius 3 is 2.30 bits per heavy atom. The molecule has 5 nitrogen and oxygen atoms in total. The zero-order valence-corrected chi connectivity index (χ0v) is 16.4. The number of nitrogens with zero attached hydrogens (tertiary/aromatic N) is 2. The van der Waals surface area contributed by atoms with Crippen LogP contribution in [0.2, 0.25) is 0 Å². The van der Waals surface area contributed by atoms with Crippen molar-refractivity contribution in [1.29, 1.82) is 0 Å². The molecule has 12 heteroatoms. The summed E-state index contributed by atoms with van der Waals surface area (Å²) in [5, 5.41) is 2.66. The molecule has 1 heterocycles. The number of esters is 1. The van der Waals surface area contributed by atoms with E-state index in [2.05, 4.69) is 20.0 Å². The molecule has 0 spiro atoms. The van der Waals surface area contributed by atoms with E-state index in [9.17, 15) is 35.5 Å². The average molecular weight is 473 g/mol. The van der Waals surface area contributed by atoms with E-state index in [1.807, 2.05) is 0 Å². The molecule has 0 aliphatic rings. The molecule has 1 aromatic heterocycles. The minimum absolute atomic E-state index is 0.00167. The molecule has 0 saturated heterocycles. The number of halogens is 7. The fourth-order valence-electron chi connectivity index (χ4n) is 2.80. The summed E-state index contributed by atoms with van der Waals surface area (Å²) < 4.78 is 95.1. The summed E-state index contributed by atoms with van der Waals surface area (Å²) in [4.78, 5) is 19.0. The highest BCUT2D eigenvalue weighted by Gasteiger charge is 2.42.